The standard InChI is InChI=1S/C21H22FN3O4S/c1-24-13-19(14-8-10-25(11-9-14)21(26)27)18-12-16(4-7-20(18)24)23-30(28,29)17-5-2-15(22)3-6-17/h2-7,12-14,23H,8-11H2,1H3,(H,26,27). The van der Waals surface area contributed by atoms with Crippen LogP contribution >= 0.6 is 0 Å². The van der Waals surface area contributed by atoms with Crippen LogP contribution < -0.4 is 4.72 Å². The summed E-state index contributed by atoms with van der Waals surface area (Å²) in [6, 6.07) is 10.0. The molecule has 0 atom stereocenters. The molecule has 1 aliphatic heterocycles. The van der Waals surface area contributed by atoms with Crippen LogP contribution in [0.15, 0.2) is 53.6 Å². The zero-order valence-corrected chi connectivity index (χ0v) is 17.2. The molecule has 9 heteroatoms. The van der Waals surface area contributed by atoms with Gasteiger partial charge in [-0.3, -0.25) is 4.72 Å². The van der Waals surface area contributed by atoms with Crippen molar-refractivity contribution < 1.29 is 22.7 Å². The first-order valence-electron chi connectivity index (χ1n) is 9.60. The summed E-state index contributed by atoms with van der Waals surface area (Å²) in [6.07, 6.45) is 2.57. The van der Waals surface area contributed by atoms with E-state index in [2.05, 4.69) is 4.72 Å². The fraction of sp³-hybridized carbons (Fsp3) is 0.286. The molecule has 2 aromatic carbocycles. The molecule has 0 radical (unpaired) electrons. The van der Waals surface area contributed by atoms with Crippen molar-refractivity contribution in [3.8, 4) is 0 Å². The number of nitrogens with zero attached hydrogens (tertiary/aromatic N) is 2. The van der Waals surface area contributed by atoms with Crippen molar-refractivity contribution in [3.05, 3.63) is 60.0 Å². The van der Waals surface area contributed by atoms with Gasteiger partial charge < -0.3 is 14.6 Å². The van der Waals surface area contributed by atoms with Crippen LogP contribution in [-0.4, -0.2) is 42.2 Å². The van der Waals surface area contributed by atoms with E-state index in [0.717, 1.165) is 41.4 Å². The molecule has 158 valence electrons. The van der Waals surface area contributed by atoms with Gasteiger partial charge in [0.1, 0.15) is 5.82 Å². The number of rotatable bonds is 4. The fourth-order valence-electron chi connectivity index (χ4n) is 4.02. The normalized spacial score (nSPS) is 15.5. The first-order chi connectivity index (χ1) is 14.2. The number of hydrogen-bond acceptors (Lipinski definition) is 3. The average Bonchev–Trinajstić information content (AvgIpc) is 3.04. The molecular formula is C21H22FN3O4S. The smallest absolute Gasteiger partial charge is 0.407 e. The second kappa shape index (κ2) is 7.64. The van der Waals surface area contributed by atoms with E-state index in [1.54, 1.807) is 12.1 Å². The van der Waals surface area contributed by atoms with Crippen molar-refractivity contribution in [2.24, 2.45) is 7.05 Å². The zero-order chi connectivity index (χ0) is 21.5. The molecule has 1 fully saturated rings. The van der Waals surface area contributed by atoms with Crippen LogP contribution in [0, 0.1) is 5.82 Å². The van der Waals surface area contributed by atoms with E-state index < -0.39 is 21.9 Å². The third kappa shape index (κ3) is 3.85. The summed E-state index contributed by atoms with van der Waals surface area (Å²) >= 11 is 0. The number of sulfonamides is 1. The monoisotopic (exact) mass is 431 g/mol. The average molecular weight is 431 g/mol. The molecule has 0 bridgehead atoms. The molecule has 3 aromatic rings. The Kier molecular flexibility index (Phi) is 5.15. The molecule has 0 spiro atoms. The van der Waals surface area contributed by atoms with Gasteiger partial charge in [0.15, 0.2) is 0 Å². The number of piperidine rings is 1. The molecule has 1 amide bonds. The van der Waals surface area contributed by atoms with Crippen LogP contribution in [0.4, 0.5) is 14.9 Å². The number of likely N-dealkylation sites (tertiary alicyclic amines) is 1. The molecule has 0 aliphatic carbocycles. The lowest BCUT2D eigenvalue weighted by molar-refractivity contribution is 0.132. The number of nitrogens with one attached hydrogen (secondary N) is 1. The Morgan fingerprint density at radius 3 is 2.43 bits per heavy atom. The quantitative estimate of drug-likeness (QED) is 0.654. The van der Waals surface area contributed by atoms with Gasteiger partial charge in [-0.15, -0.1) is 0 Å². The Morgan fingerprint density at radius 1 is 1.13 bits per heavy atom. The molecular weight excluding hydrogens is 409 g/mol. The first kappa shape index (κ1) is 20.2. The van der Waals surface area contributed by atoms with Crippen LogP contribution in [0.3, 0.4) is 0 Å². The lowest BCUT2D eigenvalue weighted by Gasteiger charge is -2.29. The Balaban J connectivity index is 1.63. The van der Waals surface area contributed by atoms with E-state index in [4.69, 9.17) is 5.11 Å². The van der Waals surface area contributed by atoms with E-state index in [9.17, 15) is 17.6 Å². The highest BCUT2D eigenvalue weighted by molar-refractivity contribution is 7.92. The van der Waals surface area contributed by atoms with Gasteiger partial charge in [0.25, 0.3) is 10.0 Å². The topological polar surface area (TPSA) is 91.6 Å². The maximum Gasteiger partial charge on any atom is 0.407 e. The van der Waals surface area contributed by atoms with E-state index in [1.165, 1.54) is 17.0 Å². The summed E-state index contributed by atoms with van der Waals surface area (Å²) in [6.45, 7) is 0.959. The summed E-state index contributed by atoms with van der Waals surface area (Å²) in [5.41, 5.74) is 2.47. The zero-order valence-electron chi connectivity index (χ0n) is 16.4. The number of anilines is 1. The van der Waals surface area contributed by atoms with Crippen molar-refractivity contribution in [3.63, 3.8) is 0 Å². The number of halogens is 1. The molecule has 2 N–H and O–H groups in total. The first-order valence-corrected chi connectivity index (χ1v) is 11.1. The number of amides is 1. The van der Waals surface area contributed by atoms with Gasteiger partial charge in [0.05, 0.1) is 4.90 Å². The minimum atomic E-state index is -3.84. The number of fused-ring (bicyclic) bond motifs is 1. The SMILES string of the molecule is Cn1cc(C2CCN(C(=O)O)CC2)c2cc(NS(=O)(=O)c3ccc(F)cc3)ccc21. The highest BCUT2D eigenvalue weighted by Crippen LogP contribution is 2.35. The number of aromatic nitrogens is 1. The van der Waals surface area contributed by atoms with Crippen LogP contribution in [-0.2, 0) is 17.1 Å². The van der Waals surface area contributed by atoms with E-state index in [-0.39, 0.29) is 10.8 Å². The maximum absolute atomic E-state index is 13.1. The van der Waals surface area contributed by atoms with Gasteiger partial charge >= 0.3 is 6.09 Å². The number of carboxylic acid groups (broad SMARTS) is 1. The lowest BCUT2D eigenvalue weighted by atomic mass is 9.89. The van der Waals surface area contributed by atoms with Crippen LogP contribution in [0.5, 0.6) is 0 Å². The summed E-state index contributed by atoms with van der Waals surface area (Å²) < 4.78 is 43.0. The van der Waals surface area contributed by atoms with Gasteiger partial charge in [0.2, 0.25) is 0 Å². The summed E-state index contributed by atoms with van der Waals surface area (Å²) in [5, 5.41) is 10.1. The Hall–Kier alpha value is -3.07. The molecule has 30 heavy (non-hydrogen) atoms. The van der Waals surface area contributed by atoms with Crippen molar-refractivity contribution in [1.29, 1.82) is 0 Å². The third-order valence-electron chi connectivity index (χ3n) is 5.60. The Labute approximate surface area is 173 Å². The van der Waals surface area contributed by atoms with Gasteiger partial charge in [-0.2, -0.15) is 0 Å². The summed E-state index contributed by atoms with van der Waals surface area (Å²) in [4.78, 5) is 12.6. The minimum absolute atomic E-state index is 0.0154. The van der Waals surface area contributed by atoms with E-state index in [1.807, 2.05) is 23.9 Å². The number of hydrogen-bond donors (Lipinski definition) is 2. The van der Waals surface area contributed by atoms with Crippen molar-refractivity contribution in [1.82, 2.24) is 9.47 Å². The fourth-order valence-corrected chi connectivity index (χ4v) is 5.07. The molecule has 0 saturated carbocycles. The maximum atomic E-state index is 13.1. The van der Waals surface area contributed by atoms with Crippen molar-refractivity contribution in [2.45, 2.75) is 23.7 Å². The van der Waals surface area contributed by atoms with Crippen LogP contribution in [0.1, 0.15) is 24.3 Å². The molecule has 1 saturated heterocycles. The predicted octanol–water partition coefficient (Wildman–Crippen LogP) is 3.98. The number of benzene rings is 2. The molecule has 2 heterocycles. The largest absolute Gasteiger partial charge is 0.465 e. The summed E-state index contributed by atoms with van der Waals surface area (Å²) in [5.74, 6) is -0.300. The van der Waals surface area contributed by atoms with E-state index >= 15 is 0 Å². The highest BCUT2D eigenvalue weighted by Gasteiger charge is 2.26. The molecule has 7 nitrogen and oxygen atoms in total. The van der Waals surface area contributed by atoms with Crippen LogP contribution in [0.2, 0.25) is 0 Å². The van der Waals surface area contributed by atoms with Crippen molar-refractivity contribution >= 4 is 32.7 Å². The van der Waals surface area contributed by atoms with Gasteiger partial charge in [-0.1, -0.05) is 0 Å². The van der Waals surface area contributed by atoms with Gasteiger partial charge in [-0.25, -0.2) is 17.6 Å². The molecule has 4 rings (SSSR count). The van der Waals surface area contributed by atoms with Crippen LogP contribution in [0.25, 0.3) is 10.9 Å². The predicted molar refractivity (Wildman–Crippen MR) is 112 cm³/mol. The van der Waals surface area contributed by atoms with Gasteiger partial charge in [-0.05, 0) is 66.8 Å². The second-order valence-electron chi connectivity index (χ2n) is 7.53. The minimum Gasteiger partial charge on any atom is -0.465 e. The highest BCUT2D eigenvalue weighted by atomic mass is 32.2. The molecule has 0 unspecified atom stereocenters. The number of aryl methyl sites for hydroxylation is 1. The summed E-state index contributed by atoms with van der Waals surface area (Å²) in [7, 11) is -1.91. The van der Waals surface area contributed by atoms with Crippen molar-refractivity contribution in [2.75, 3.05) is 17.8 Å². The molecule has 1 aliphatic rings. The third-order valence-corrected chi connectivity index (χ3v) is 7.00. The Morgan fingerprint density at radius 2 is 1.80 bits per heavy atom. The van der Waals surface area contributed by atoms with Gasteiger partial charge in [0, 0.05) is 42.9 Å². The Bertz CT molecular complexity index is 1200. The van der Waals surface area contributed by atoms with E-state index in [0.29, 0.717) is 18.8 Å². The number of carbonyl (C=O) groups is 1. The second-order valence-corrected chi connectivity index (χ2v) is 9.21. The lowest BCUT2D eigenvalue weighted by Crippen LogP contribution is -2.36. The molecule has 1 aromatic heterocycles.